The third-order valence-corrected chi connectivity index (χ3v) is 2.72. The van der Waals surface area contributed by atoms with Gasteiger partial charge in [-0.05, 0) is 31.6 Å². The summed E-state index contributed by atoms with van der Waals surface area (Å²) < 4.78 is 32.3. The smallest absolute Gasteiger partial charge is 0.330 e. The fourth-order valence-corrected chi connectivity index (χ4v) is 1.87. The van der Waals surface area contributed by atoms with Gasteiger partial charge in [0.1, 0.15) is 11.6 Å². The van der Waals surface area contributed by atoms with Crippen LogP contribution >= 0.6 is 15.9 Å². The Morgan fingerprint density at radius 1 is 1.37 bits per heavy atom. The molecule has 0 heterocycles. The number of allylic oxidation sites excluding steroid dienone is 3. The van der Waals surface area contributed by atoms with Crippen LogP contribution in [-0.2, 0) is 9.53 Å². The molecule has 0 N–H and O–H groups in total. The van der Waals surface area contributed by atoms with E-state index in [1.807, 2.05) is 0 Å². The first kappa shape index (κ1) is 15.6. The number of carbonyl (C=O) groups excluding carboxylic acids is 1. The van der Waals surface area contributed by atoms with Crippen LogP contribution in [0.25, 0.3) is 5.57 Å². The maximum absolute atomic E-state index is 13.6. The second-order valence-corrected chi connectivity index (χ2v) is 4.62. The summed E-state index contributed by atoms with van der Waals surface area (Å²) in [7, 11) is 0. The molecule has 0 saturated heterocycles. The van der Waals surface area contributed by atoms with Crippen LogP contribution < -0.4 is 0 Å². The van der Waals surface area contributed by atoms with E-state index in [0.717, 1.165) is 0 Å². The normalized spacial score (nSPS) is 11.9. The molecule has 1 rings (SSSR count). The summed E-state index contributed by atoms with van der Waals surface area (Å²) in [6.07, 6.45) is 4.04. The minimum Gasteiger partial charge on any atom is -0.463 e. The zero-order valence-electron chi connectivity index (χ0n) is 10.5. The first-order valence-corrected chi connectivity index (χ1v) is 6.41. The Kier molecular flexibility index (Phi) is 5.89. The predicted octanol–water partition coefficient (Wildman–Crippen LogP) is 4.25. The summed E-state index contributed by atoms with van der Waals surface area (Å²) in [5.41, 5.74) is 0.264. The highest BCUT2D eigenvalue weighted by molar-refractivity contribution is 9.10. The summed E-state index contributed by atoms with van der Waals surface area (Å²) in [4.78, 5) is 11.0. The van der Waals surface area contributed by atoms with Gasteiger partial charge < -0.3 is 4.74 Å². The molecule has 0 bridgehead atoms. The lowest BCUT2D eigenvalue weighted by Gasteiger charge is -2.05. The van der Waals surface area contributed by atoms with Crippen molar-refractivity contribution in [3.8, 4) is 0 Å². The van der Waals surface area contributed by atoms with Gasteiger partial charge in [0.25, 0.3) is 0 Å². The van der Waals surface area contributed by atoms with Gasteiger partial charge in [-0.2, -0.15) is 0 Å². The minimum atomic E-state index is -0.662. The lowest BCUT2D eigenvalue weighted by atomic mass is 10.1. The van der Waals surface area contributed by atoms with E-state index >= 15 is 0 Å². The van der Waals surface area contributed by atoms with Gasteiger partial charge in [-0.1, -0.05) is 28.1 Å². The number of carbonyl (C=O) groups is 1. The van der Waals surface area contributed by atoms with Crippen molar-refractivity contribution in [3.05, 3.63) is 52.0 Å². The lowest BCUT2D eigenvalue weighted by Crippen LogP contribution is -1.98. The Hall–Kier alpha value is -1.49. The van der Waals surface area contributed by atoms with Crippen molar-refractivity contribution in [3.63, 3.8) is 0 Å². The van der Waals surface area contributed by atoms with E-state index in [2.05, 4.69) is 20.7 Å². The van der Waals surface area contributed by atoms with Crippen LogP contribution in [0.5, 0.6) is 0 Å². The van der Waals surface area contributed by atoms with Crippen LogP contribution in [0.2, 0.25) is 0 Å². The summed E-state index contributed by atoms with van der Waals surface area (Å²) in [6.45, 7) is 3.53. The van der Waals surface area contributed by atoms with Gasteiger partial charge in [-0.3, -0.25) is 0 Å². The van der Waals surface area contributed by atoms with Crippen LogP contribution in [-0.4, -0.2) is 12.6 Å². The van der Waals surface area contributed by atoms with Gasteiger partial charge >= 0.3 is 5.97 Å². The Bertz CT molecular complexity index is 513. The molecule has 0 aromatic heterocycles. The van der Waals surface area contributed by atoms with Crippen molar-refractivity contribution in [2.45, 2.75) is 13.8 Å². The first-order valence-electron chi connectivity index (χ1n) is 5.62. The Morgan fingerprint density at radius 2 is 1.95 bits per heavy atom. The molecule has 0 fully saturated rings. The topological polar surface area (TPSA) is 26.3 Å². The van der Waals surface area contributed by atoms with Crippen LogP contribution in [0.1, 0.15) is 19.4 Å². The van der Waals surface area contributed by atoms with Gasteiger partial charge in [0.05, 0.1) is 6.61 Å². The number of benzene rings is 1. The van der Waals surface area contributed by atoms with E-state index in [0.29, 0.717) is 10.0 Å². The second kappa shape index (κ2) is 7.19. The number of halogens is 3. The molecule has 0 unspecified atom stereocenters. The molecule has 0 aliphatic rings. The Balaban J connectivity index is 2.95. The third kappa shape index (κ3) is 4.59. The van der Waals surface area contributed by atoms with Crippen molar-refractivity contribution >= 4 is 27.5 Å². The summed E-state index contributed by atoms with van der Waals surface area (Å²) in [5.74, 6) is -1.82. The maximum atomic E-state index is 13.6. The number of hydrogen-bond donors (Lipinski definition) is 0. The van der Waals surface area contributed by atoms with Crippen molar-refractivity contribution in [2.24, 2.45) is 0 Å². The molecule has 0 atom stereocenters. The van der Waals surface area contributed by atoms with Gasteiger partial charge in [0.15, 0.2) is 0 Å². The average molecular weight is 331 g/mol. The van der Waals surface area contributed by atoms with E-state index in [1.165, 1.54) is 30.4 Å². The van der Waals surface area contributed by atoms with Gasteiger partial charge in [-0.25, -0.2) is 13.6 Å². The molecule has 0 radical (unpaired) electrons. The highest BCUT2D eigenvalue weighted by Crippen LogP contribution is 2.25. The molecule has 102 valence electrons. The predicted molar refractivity (Wildman–Crippen MR) is 73.5 cm³/mol. The van der Waals surface area contributed by atoms with E-state index < -0.39 is 17.6 Å². The maximum Gasteiger partial charge on any atom is 0.330 e. The summed E-state index contributed by atoms with van der Waals surface area (Å²) in [6, 6.07) is 2.37. The number of hydrogen-bond acceptors (Lipinski definition) is 2. The molecule has 0 saturated carbocycles. The summed E-state index contributed by atoms with van der Waals surface area (Å²) >= 11 is 3.01. The zero-order valence-corrected chi connectivity index (χ0v) is 12.1. The van der Waals surface area contributed by atoms with E-state index in [9.17, 15) is 13.6 Å². The average Bonchev–Trinajstić information content (AvgIpc) is 2.27. The van der Waals surface area contributed by atoms with E-state index in [4.69, 9.17) is 0 Å². The Morgan fingerprint density at radius 3 is 2.47 bits per heavy atom. The van der Waals surface area contributed by atoms with E-state index in [1.54, 1.807) is 13.8 Å². The standard InChI is InChI=1S/C14H13BrF2O2/c1-3-19-13(18)6-4-5-9(2)14-11(16)7-10(15)8-12(14)17/h4-8H,3H2,1-2H3/b6-4+,9-5+. The number of rotatable bonds is 4. The number of ether oxygens (including phenoxy) is 1. The fourth-order valence-electron chi connectivity index (χ4n) is 1.46. The molecule has 5 heteroatoms. The molecular weight excluding hydrogens is 318 g/mol. The van der Waals surface area contributed by atoms with Crippen LogP contribution in [0.15, 0.2) is 34.8 Å². The molecule has 1 aromatic carbocycles. The third-order valence-electron chi connectivity index (χ3n) is 2.27. The van der Waals surface area contributed by atoms with Gasteiger partial charge in [0, 0.05) is 16.1 Å². The molecule has 0 aliphatic carbocycles. The molecule has 2 nitrogen and oxygen atoms in total. The highest BCUT2D eigenvalue weighted by Gasteiger charge is 2.11. The van der Waals surface area contributed by atoms with Crippen molar-refractivity contribution < 1.29 is 18.3 Å². The number of esters is 1. The van der Waals surface area contributed by atoms with Crippen LogP contribution in [0.3, 0.4) is 0 Å². The highest BCUT2D eigenvalue weighted by atomic mass is 79.9. The van der Waals surface area contributed by atoms with Crippen LogP contribution in [0, 0.1) is 11.6 Å². The molecule has 19 heavy (non-hydrogen) atoms. The van der Waals surface area contributed by atoms with Gasteiger partial charge in [0.2, 0.25) is 0 Å². The molecule has 0 spiro atoms. The van der Waals surface area contributed by atoms with Crippen molar-refractivity contribution in [2.75, 3.05) is 6.61 Å². The Labute approximate surface area is 118 Å². The van der Waals surface area contributed by atoms with Gasteiger partial charge in [-0.15, -0.1) is 0 Å². The lowest BCUT2D eigenvalue weighted by molar-refractivity contribution is -0.137. The quantitative estimate of drug-likeness (QED) is 0.468. The molecule has 1 aromatic rings. The summed E-state index contributed by atoms with van der Waals surface area (Å²) in [5, 5.41) is 0. The second-order valence-electron chi connectivity index (χ2n) is 3.71. The molecular formula is C14H13BrF2O2. The SMILES string of the molecule is CCOC(=O)/C=C/C=C(\C)c1c(F)cc(Br)cc1F. The largest absolute Gasteiger partial charge is 0.463 e. The zero-order chi connectivity index (χ0) is 14.4. The monoisotopic (exact) mass is 330 g/mol. The molecule has 0 amide bonds. The van der Waals surface area contributed by atoms with Crippen LogP contribution in [0.4, 0.5) is 8.78 Å². The fraction of sp³-hybridized carbons (Fsp3) is 0.214. The van der Waals surface area contributed by atoms with E-state index in [-0.39, 0.29) is 12.2 Å². The van der Waals surface area contributed by atoms with Crippen molar-refractivity contribution in [1.29, 1.82) is 0 Å². The first-order chi connectivity index (χ1) is 8.95. The molecule has 0 aliphatic heterocycles. The van der Waals surface area contributed by atoms with Crippen molar-refractivity contribution in [1.82, 2.24) is 0 Å². The minimum absolute atomic E-state index is 0.114.